The predicted octanol–water partition coefficient (Wildman–Crippen LogP) is 3.94. The first-order chi connectivity index (χ1) is 11.0. The second-order valence-corrected chi connectivity index (χ2v) is 6.04. The minimum Gasteiger partial charge on any atom is -0.357 e. The molecule has 0 aliphatic carbocycles. The first kappa shape index (κ1) is 21.1. The van der Waals surface area contributed by atoms with Crippen molar-refractivity contribution >= 4 is 53.1 Å². The molecule has 1 heterocycles. The average molecular weight is 482 g/mol. The largest absolute Gasteiger partial charge is 0.357 e. The quantitative estimate of drug-likeness (QED) is 0.399. The summed E-state index contributed by atoms with van der Waals surface area (Å²) in [6.45, 7) is 4.11. The van der Waals surface area contributed by atoms with Gasteiger partial charge in [0.1, 0.15) is 0 Å². The molecule has 8 heteroatoms. The van der Waals surface area contributed by atoms with Gasteiger partial charge in [-0.05, 0) is 30.7 Å². The number of guanidine groups is 1. The van der Waals surface area contributed by atoms with Crippen molar-refractivity contribution in [3.63, 3.8) is 0 Å². The topological polar surface area (TPSA) is 45.5 Å². The summed E-state index contributed by atoms with van der Waals surface area (Å²) in [5.41, 5.74) is 2.14. The van der Waals surface area contributed by atoms with Crippen LogP contribution < -0.4 is 5.32 Å². The van der Waals surface area contributed by atoms with E-state index in [9.17, 15) is 0 Å². The second kappa shape index (κ2) is 10.1. The highest BCUT2D eigenvalue weighted by atomic mass is 127. The maximum absolute atomic E-state index is 6.08. The number of benzene rings is 1. The molecule has 0 saturated heterocycles. The van der Waals surface area contributed by atoms with E-state index in [1.807, 2.05) is 50.0 Å². The van der Waals surface area contributed by atoms with Crippen molar-refractivity contribution in [1.29, 1.82) is 0 Å². The number of hydrogen-bond donors (Lipinski definition) is 1. The zero-order valence-corrected chi connectivity index (χ0v) is 17.8. The van der Waals surface area contributed by atoms with Gasteiger partial charge in [0.2, 0.25) is 0 Å². The van der Waals surface area contributed by atoms with Crippen LogP contribution in [-0.4, -0.2) is 34.2 Å². The molecule has 132 valence electrons. The third-order valence-electron chi connectivity index (χ3n) is 3.41. The van der Waals surface area contributed by atoms with E-state index >= 15 is 0 Å². The molecule has 0 saturated carbocycles. The molecule has 0 atom stereocenters. The van der Waals surface area contributed by atoms with E-state index in [4.69, 9.17) is 23.2 Å². The Balaban J connectivity index is 0.00000288. The van der Waals surface area contributed by atoms with Crippen molar-refractivity contribution in [1.82, 2.24) is 20.0 Å². The van der Waals surface area contributed by atoms with Gasteiger partial charge in [0.15, 0.2) is 5.96 Å². The van der Waals surface area contributed by atoms with Crippen molar-refractivity contribution in [3.8, 4) is 0 Å². The Morgan fingerprint density at radius 3 is 2.62 bits per heavy atom. The van der Waals surface area contributed by atoms with E-state index in [1.54, 1.807) is 6.20 Å². The van der Waals surface area contributed by atoms with Crippen LogP contribution in [-0.2, 0) is 20.1 Å². The maximum atomic E-state index is 6.08. The minimum absolute atomic E-state index is 0. The minimum atomic E-state index is 0. The Kier molecular flexibility index (Phi) is 8.86. The molecule has 0 bridgehead atoms. The lowest BCUT2D eigenvalue weighted by Gasteiger charge is -2.22. The van der Waals surface area contributed by atoms with Crippen molar-refractivity contribution in [2.24, 2.45) is 12.0 Å². The van der Waals surface area contributed by atoms with Gasteiger partial charge in [-0.15, -0.1) is 24.0 Å². The Hall–Kier alpha value is -0.990. The SMILES string of the molecule is CCNC(=NCc1ccnn1C)N(C)Cc1ccc(Cl)c(Cl)c1.I. The number of rotatable bonds is 5. The fourth-order valence-electron chi connectivity index (χ4n) is 2.17. The van der Waals surface area contributed by atoms with Crippen LogP contribution in [0.5, 0.6) is 0 Å². The molecule has 0 spiro atoms. The molecule has 2 rings (SSSR count). The van der Waals surface area contributed by atoms with Gasteiger partial charge >= 0.3 is 0 Å². The summed E-state index contributed by atoms with van der Waals surface area (Å²) < 4.78 is 1.83. The lowest BCUT2D eigenvalue weighted by atomic mass is 10.2. The number of halogens is 3. The summed E-state index contributed by atoms with van der Waals surface area (Å²) in [6.07, 6.45) is 1.77. The van der Waals surface area contributed by atoms with Crippen molar-refractivity contribution < 1.29 is 0 Å². The van der Waals surface area contributed by atoms with Crippen LogP contribution in [0.4, 0.5) is 0 Å². The number of nitrogens with zero attached hydrogens (tertiary/aromatic N) is 4. The fourth-order valence-corrected chi connectivity index (χ4v) is 2.49. The number of aromatic nitrogens is 2. The summed E-state index contributed by atoms with van der Waals surface area (Å²) in [5, 5.41) is 8.58. The van der Waals surface area contributed by atoms with Crippen LogP contribution in [0.2, 0.25) is 10.0 Å². The van der Waals surface area contributed by atoms with E-state index in [2.05, 4.69) is 20.3 Å². The monoisotopic (exact) mass is 481 g/mol. The molecular formula is C16H22Cl2IN5. The first-order valence-electron chi connectivity index (χ1n) is 7.41. The van der Waals surface area contributed by atoms with Gasteiger partial charge in [-0.3, -0.25) is 4.68 Å². The number of aryl methyl sites for hydroxylation is 1. The Bertz CT molecular complexity index is 687. The van der Waals surface area contributed by atoms with Gasteiger partial charge in [0.05, 0.1) is 22.3 Å². The van der Waals surface area contributed by atoms with Gasteiger partial charge in [-0.2, -0.15) is 5.10 Å². The van der Waals surface area contributed by atoms with Crippen molar-refractivity contribution in [3.05, 3.63) is 51.8 Å². The molecule has 0 radical (unpaired) electrons. The maximum Gasteiger partial charge on any atom is 0.194 e. The van der Waals surface area contributed by atoms with Crippen LogP contribution in [0.15, 0.2) is 35.5 Å². The summed E-state index contributed by atoms with van der Waals surface area (Å²) >= 11 is 12.0. The molecule has 0 aliphatic heterocycles. The van der Waals surface area contributed by atoms with Gasteiger partial charge in [0.25, 0.3) is 0 Å². The second-order valence-electron chi connectivity index (χ2n) is 5.22. The van der Waals surface area contributed by atoms with Crippen LogP contribution >= 0.6 is 47.2 Å². The van der Waals surface area contributed by atoms with Crippen LogP contribution in [0.25, 0.3) is 0 Å². The number of aliphatic imine (C=N–C) groups is 1. The molecule has 5 nitrogen and oxygen atoms in total. The van der Waals surface area contributed by atoms with Crippen LogP contribution in [0.3, 0.4) is 0 Å². The molecule has 2 aromatic rings. The number of nitrogens with one attached hydrogen (secondary N) is 1. The normalized spacial score (nSPS) is 11.1. The van der Waals surface area contributed by atoms with Gasteiger partial charge in [-0.25, -0.2) is 4.99 Å². The molecule has 1 N–H and O–H groups in total. The van der Waals surface area contributed by atoms with Gasteiger partial charge in [-0.1, -0.05) is 29.3 Å². The zero-order chi connectivity index (χ0) is 16.8. The summed E-state index contributed by atoms with van der Waals surface area (Å²) in [7, 11) is 3.91. The van der Waals surface area contributed by atoms with E-state index in [0.29, 0.717) is 23.1 Å². The Morgan fingerprint density at radius 2 is 2.04 bits per heavy atom. The smallest absolute Gasteiger partial charge is 0.194 e. The fraction of sp³-hybridized carbons (Fsp3) is 0.375. The predicted molar refractivity (Wildman–Crippen MR) is 111 cm³/mol. The molecule has 1 aromatic carbocycles. The summed E-state index contributed by atoms with van der Waals surface area (Å²) in [4.78, 5) is 6.72. The molecule has 0 aliphatic rings. The van der Waals surface area contributed by atoms with Crippen LogP contribution in [0, 0.1) is 0 Å². The van der Waals surface area contributed by atoms with Crippen molar-refractivity contribution in [2.75, 3.05) is 13.6 Å². The third-order valence-corrected chi connectivity index (χ3v) is 4.15. The lowest BCUT2D eigenvalue weighted by molar-refractivity contribution is 0.476. The molecule has 24 heavy (non-hydrogen) atoms. The van der Waals surface area contributed by atoms with E-state index in [0.717, 1.165) is 23.8 Å². The van der Waals surface area contributed by atoms with E-state index in [1.165, 1.54) is 0 Å². The standard InChI is InChI=1S/C16H21Cl2N5.HI/c1-4-19-16(20-10-13-7-8-21-23(13)3)22(2)11-12-5-6-14(17)15(18)9-12;/h5-9H,4,10-11H2,1-3H3,(H,19,20);1H. The average Bonchev–Trinajstić information content (AvgIpc) is 2.92. The Labute approximate surface area is 170 Å². The molecule has 0 fully saturated rings. The Morgan fingerprint density at radius 1 is 1.29 bits per heavy atom. The highest BCUT2D eigenvalue weighted by molar-refractivity contribution is 14.0. The highest BCUT2D eigenvalue weighted by Crippen LogP contribution is 2.23. The molecule has 0 unspecified atom stereocenters. The van der Waals surface area contributed by atoms with Crippen molar-refractivity contribution in [2.45, 2.75) is 20.0 Å². The molecule has 1 aromatic heterocycles. The van der Waals surface area contributed by atoms with Gasteiger partial charge < -0.3 is 10.2 Å². The van der Waals surface area contributed by atoms with Crippen LogP contribution in [0.1, 0.15) is 18.2 Å². The highest BCUT2D eigenvalue weighted by Gasteiger charge is 2.08. The molecule has 0 amide bonds. The summed E-state index contributed by atoms with van der Waals surface area (Å²) in [5.74, 6) is 0.833. The third kappa shape index (κ3) is 5.82. The number of hydrogen-bond acceptors (Lipinski definition) is 2. The van der Waals surface area contributed by atoms with E-state index in [-0.39, 0.29) is 24.0 Å². The first-order valence-corrected chi connectivity index (χ1v) is 8.17. The zero-order valence-electron chi connectivity index (χ0n) is 14.0. The lowest BCUT2D eigenvalue weighted by Crippen LogP contribution is -2.38. The van der Waals surface area contributed by atoms with Gasteiger partial charge in [0, 0.05) is 33.4 Å². The summed E-state index contributed by atoms with van der Waals surface area (Å²) in [6, 6.07) is 7.62. The molecular weight excluding hydrogens is 460 g/mol. The van der Waals surface area contributed by atoms with E-state index < -0.39 is 0 Å².